The fourth-order valence-corrected chi connectivity index (χ4v) is 2.31. The maximum atomic E-state index is 13.6. The summed E-state index contributed by atoms with van der Waals surface area (Å²) in [5.74, 6) is 0.994. The summed E-state index contributed by atoms with van der Waals surface area (Å²) in [4.78, 5) is 0. The van der Waals surface area contributed by atoms with Crippen molar-refractivity contribution in [1.82, 2.24) is 14.8 Å². The molecule has 2 N–H and O–H groups in total. The van der Waals surface area contributed by atoms with Gasteiger partial charge in [-0.25, -0.2) is 4.39 Å². The van der Waals surface area contributed by atoms with Gasteiger partial charge in [0.1, 0.15) is 11.6 Å². The van der Waals surface area contributed by atoms with Crippen LogP contribution in [-0.4, -0.2) is 14.8 Å². The SMILES string of the molecule is CC(C)n1c(CN)nnc1-c1cccc(F)c1Br. The van der Waals surface area contributed by atoms with Gasteiger partial charge in [0, 0.05) is 11.6 Å². The van der Waals surface area contributed by atoms with E-state index in [0.717, 1.165) is 0 Å². The molecule has 0 atom stereocenters. The zero-order valence-electron chi connectivity index (χ0n) is 10.2. The molecule has 1 heterocycles. The smallest absolute Gasteiger partial charge is 0.165 e. The van der Waals surface area contributed by atoms with E-state index >= 15 is 0 Å². The average Bonchev–Trinajstić information content (AvgIpc) is 2.76. The number of nitrogens with zero attached hydrogens (tertiary/aromatic N) is 3. The molecule has 2 aromatic rings. The third-order valence-electron chi connectivity index (χ3n) is 2.66. The monoisotopic (exact) mass is 312 g/mol. The molecular formula is C12H14BrFN4. The van der Waals surface area contributed by atoms with E-state index in [0.29, 0.717) is 28.2 Å². The normalized spacial score (nSPS) is 11.2. The van der Waals surface area contributed by atoms with Crippen LogP contribution >= 0.6 is 15.9 Å². The predicted molar refractivity (Wildman–Crippen MR) is 71.4 cm³/mol. The Morgan fingerprint density at radius 2 is 2.11 bits per heavy atom. The lowest BCUT2D eigenvalue weighted by Gasteiger charge is -2.14. The summed E-state index contributed by atoms with van der Waals surface area (Å²) in [6, 6.07) is 5.00. The second-order valence-electron chi connectivity index (χ2n) is 4.21. The Labute approximate surface area is 113 Å². The minimum Gasteiger partial charge on any atom is -0.324 e. The largest absolute Gasteiger partial charge is 0.324 e. The van der Waals surface area contributed by atoms with E-state index in [-0.39, 0.29) is 11.9 Å². The summed E-state index contributed by atoms with van der Waals surface area (Å²) < 4.78 is 15.9. The molecule has 6 heteroatoms. The standard InChI is InChI=1S/C12H14BrFN4/c1-7(2)18-10(6-15)16-17-12(18)8-4-3-5-9(14)11(8)13/h3-5,7H,6,15H2,1-2H3. The van der Waals surface area contributed by atoms with Crippen LogP contribution in [0.15, 0.2) is 22.7 Å². The Morgan fingerprint density at radius 3 is 2.72 bits per heavy atom. The summed E-state index contributed by atoms with van der Waals surface area (Å²) in [7, 11) is 0. The number of benzene rings is 1. The van der Waals surface area contributed by atoms with Gasteiger partial charge >= 0.3 is 0 Å². The third-order valence-corrected chi connectivity index (χ3v) is 3.46. The van der Waals surface area contributed by atoms with Gasteiger partial charge in [-0.3, -0.25) is 0 Å². The second-order valence-corrected chi connectivity index (χ2v) is 5.00. The molecule has 0 aliphatic carbocycles. The zero-order valence-corrected chi connectivity index (χ0v) is 11.8. The Balaban J connectivity index is 2.64. The van der Waals surface area contributed by atoms with Crippen LogP contribution in [-0.2, 0) is 6.54 Å². The molecule has 0 saturated heterocycles. The number of aromatic nitrogens is 3. The van der Waals surface area contributed by atoms with E-state index in [2.05, 4.69) is 26.1 Å². The average molecular weight is 313 g/mol. The lowest BCUT2D eigenvalue weighted by molar-refractivity contribution is 0.573. The van der Waals surface area contributed by atoms with Crippen LogP contribution in [0.1, 0.15) is 25.7 Å². The van der Waals surface area contributed by atoms with E-state index in [1.807, 2.05) is 18.4 Å². The number of hydrogen-bond acceptors (Lipinski definition) is 3. The maximum absolute atomic E-state index is 13.6. The first-order valence-electron chi connectivity index (χ1n) is 5.64. The highest BCUT2D eigenvalue weighted by Gasteiger charge is 2.18. The number of rotatable bonds is 3. The van der Waals surface area contributed by atoms with Crippen molar-refractivity contribution in [2.24, 2.45) is 5.73 Å². The molecule has 0 amide bonds. The van der Waals surface area contributed by atoms with Crippen molar-refractivity contribution in [3.8, 4) is 11.4 Å². The van der Waals surface area contributed by atoms with Crippen LogP contribution in [0.2, 0.25) is 0 Å². The van der Waals surface area contributed by atoms with Gasteiger partial charge < -0.3 is 10.3 Å². The zero-order chi connectivity index (χ0) is 13.3. The van der Waals surface area contributed by atoms with E-state index in [1.54, 1.807) is 12.1 Å². The van der Waals surface area contributed by atoms with Crippen LogP contribution in [0.3, 0.4) is 0 Å². The van der Waals surface area contributed by atoms with Crippen molar-refractivity contribution < 1.29 is 4.39 Å². The molecule has 18 heavy (non-hydrogen) atoms. The number of hydrogen-bond donors (Lipinski definition) is 1. The van der Waals surface area contributed by atoms with Gasteiger partial charge in [-0.15, -0.1) is 10.2 Å². The first-order chi connectivity index (χ1) is 8.56. The number of nitrogens with two attached hydrogens (primary N) is 1. The Morgan fingerprint density at radius 1 is 1.39 bits per heavy atom. The topological polar surface area (TPSA) is 56.7 Å². The van der Waals surface area contributed by atoms with E-state index in [9.17, 15) is 4.39 Å². The summed E-state index contributed by atoms with van der Waals surface area (Å²) in [6.07, 6.45) is 0. The van der Waals surface area contributed by atoms with Crippen LogP contribution in [0.25, 0.3) is 11.4 Å². The van der Waals surface area contributed by atoms with E-state index in [1.165, 1.54) is 6.07 Å². The highest BCUT2D eigenvalue weighted by Crippen LogP contribution is 2.30. The first-order valence-corrected chi connectivity index (χ1v) is 6.43. The fraction of sp³-hybridized carbons (Fsp3) is 0.333. The van der Waals surface area contributed by atoms with E-state index in [4.69, 9.17) is 5.73 Å². The van der Waals surface area contributed by atoms with Crippen LogP contribution in [0.5, 0.6) is 0 Å². The highest BCUT2D eigenvalue weighted by molar-refractivity contribution is 9.10. The van der Waals surface area contributed by atoms with Crippen LogP contribution in [0.4, 0.5) is 4.39 Å². The molecule has 1 aromatic heterocycles. The Kier molecular flexibility index (Phi) is 3.77. The molecular weight excluding hydrogens is 299 g/mol. The molecule has 1 aromatic carbocycles. The van der Waals surface area contributed by atoms with Crippen molar-refractivity contribution >= 4 is 15.9 Å². The van der Waals surface area contributed by atoms with Crippen molar-refractivity contribution in [3.63, 3.8) is 0 Å². The number of halogens is 2. The molecule has 0 saturated carbocycles. The second kappa shape index (κ2) is 5.16. The lowest BCUT2D eigenvalue weighted by atomic mass is 10.2. The molecule has 0 aliphatic heterocycles. The van der Waals surface area contributed by atoms with Crippen LogP contribution < -0.4 is 5.73 Å². The van der Waals surface area contributed by atoms with Gasteiger partial charge in [-0.2, -0.15) is 0 Å². The van der Waals surface area contributed by atoms with E-state index < -0.39 is 0 Å². The summed E-state index contributed by atoms with van der Waals surface area (Å²) in [6.45, 7) is 4.33. The minimum atomic E-state index is -0.319. The predicted octanol–water partition coefficient (Wildman–Crippen LogP) is 2.89. The fourth-order valence-electron chi connectivity index (χ4n) is 1.87. The molecule has 0 bridgehead atoms. The quantitative estimate of drug-likeness (QED) is 0.948. The van der Waals surface area contributed by atoms with Crippen molar-refractivity contribution in [1.29, 1.82) is 0 Å². The Bertz CT molecular complexity index is 565. The molecule has 4 nitrogen and oxygen atoms in total. The lowest BCUT2D eigenvalue weighted by Crippen LogP contribution is -2.11. The van der Waals surface area contributed by atoms with Gasteiger partial charge in [-0.1, -0.05) is 6.07 Å². The van der Waals surface area contributed by atoms with Gasteiger partial charge in [0.2, 0.25) is 0 Å². The van der Waals surface area contributed by atoms with Gasteiger partial charge in [0.25, 0.3) is 0 Å². The van der Waals surface area contributed by atoms with Crippen LogP contribution in [0, 0.1) is 5.82 Å². The summed E-state index contributed by atoms with van der Waals surface area (Å²) in [5, 5.41) is 8.16. The van der Waals surface area contributed by atoms with Gasteiger partial charge in [-0.05, 0) is 41.9 Å². The molecule has 2 rings (SSSR count). The van der Waals surface area contributed by atoms with Gasteiger partial charge in [0.15, 0.2) is 5.82 Å². The van der Waals surface area contributed by atoms with Crippen molar-refractivity contribution in [2.75, 3.05) is 0 Å². The third kappa shape index (κ3) is 2.18. The van der Waals surface area contributed by atoms with Crippen molar-refractivity contribution in [2.45, 2.75) is 26.4 Å². The summed E-state index contributed by atoms with van der Waals surface area (Å²) >= 11 is 3.24. The first kappa shape index (κ1) is 13.2. The Hall–Kier alpha value is -1.27. The highest BCUT2D eigenvalue weighted by atomic mass is 79.9. The molecule has 0 unspecified atom stereocenters. The molecule has 0 fully saturated rings. The molecule has 96 valence electrons. The minimum absolute atomic E-state index is 0.156. The molecule has 0 spiro atoms. The van der Waals surface area contributed by atoms with Gasteiger partial charge in [0.05, 0.1) is 11.0 Å². The summed E-state index contributed by atoms with van der Waals surface area (Å²) in [5.41, 5.74) is 6.32. The maximum Gasteiger partial charge on any atom is 0.165 e. The molecule has 0 aliphatic rings. The molecule has 0 radical (unpaired) electrons. The van der Waals surface area contributed by atoms with Crippen molar-refractivity contribution in [3.05, 3.63) is 34.3 Å².